The van der Waals surface area contributed by atoms with Gasteiger partial charge in [0.25, 0.3) is 5.91 Å². The maximum Gasteiger partial charge on any atom is 0.260 e. The van der Waals surface area contributed by atoms with Gasteiger partial charge in [0.05, 0.1) is 25.9 Å². The number of carbonyl (C=O) groups is 1. The van der Waals surface area contributed by atoms with Crippen LogP contribution in [0.15, 0.2) is 46.8 Å². The van der Waals surface area contributed by atoms with Crippen molar-refractivity contribution in [3.05, 3.63) is 47.5 Å². The largest absolute Gasteiger partial charge is 0.302 e. The van der Waals surface area contributed by atoms with Gasteiger partial charge in [0.15, 0.2) is 5.13 Å². The molecule has 0 spiro atoms. The van der Waals surface area contributed by atoms with Gasteiger partial charge in [-0.25, -0.2) is 9.97 Å². The van der Waals surface area contributed by atoms with Crippen LogP contribution in [0.2, 0.25) is 0 Å². The van der Waals surface area contributed by atoms with Crippen LogP contribution in [-0.4, -0.2) is 53.2 Å². The van der Waals surface area contributed by atoms with Gasteiger partial charge in [0.2, 0.25) is 0 Å². The summed E-state index contributed by atoms with van der Waals surface area (Å²) in [5.41, 5.74) is 4.35. The maximum absolute atomic E-state index is 13.6. The number of thiazole rings is 2. The number of nitrogens with zero attached hydrogens (tertiary/aromatic N) is 4. The van der Waals surface area contributed by atoms with E-state index in [4.69, 9.17) is 4.98 Å². The van der Waals surface area contributed by atoms with Crippen LogP contribution in [0.3, 0.4) is 0 Å². The van der Waals surface area contributed by atoms with Gasteiger partial charge in [0, 0.05) is 23.5 Å². The molecule has 4 aromatic rings. The lowest BCUT2D eigenvalue weighted by Crippen LogP contribution is -2.38. The number of hydrogen-bond donors (Lipinski definition) is 0. The molecule has 2 aromatic carbocycles. The lowest BCUT2D eigenvalue weighted by molar-refractivity contribution is 0.0984. The summed E-state index contributed by atoms with van der Waals surface area (Å²) in [6, 6.07) is 12.0. The second kappa shape index (κ2) is 9.43. The van der Waals surface area contributed by atoms with Gasteiger partial charge in [-0.05, 0) is 55.7 Å². The molecule has 0 saturated heterocycles. The maximum atomic E-state index is 13.6. The minimum Gasteiger partial charge on any atom is -0.302 e. The third-order valence-corrected chi connectivity index (χ3v) is 7.73. The van der Waals surface area contributed by atoms with Crippen molar-refractivity contribution in [3.63, 3.8) is 0 Å². The molecule has 0 unspecified atom stereocenters. The Bertz CT molecular complexity index is 1170. The summed E-state index contributed by atoms with van der Waals surface area (Å²) in [4.78, 5) is 28.0. The fourth-order valence-electron chi connectivity index (χ4n) is 3.34. The van der Waals surface area contributed by atoms with Crippen LogP contribution in [0.5, 0.6) is 0 Å². The Morgan fingerprint density at radius 3 is 2.60 bits per heavy atom. The number of carbonyl (C=O) groups excluding carboxylic acids is 1. The molecule has 0 fully saturated rings. The average Bonchev–Trinajstić information content (AvgIpc) is 3.41. The highest BCUT2D eigenvalue weighted by Crippen LogP contribution is 2.32. The molecule has 1 amide bonds. The van der Waals surface area contributed by atoms with Gasteiger partial charge in [-0.3, -0.25) is 9.69 Å². The molecule has 0 aliphatic rings. The first-order valence-electron chi connectivity index (χ1n) is 9.95. The van der Waals surface area contributed by atoms with Gasteiger partial charge >= 0.3 is 0 Å². The summed E-state index contributed by atoms with van der Waals surface area (Å²) in [6.45, 7) is 7.64. The van der Waals surface area contributed by atoms with Crippen LogP contribution in [0.25, 0.3) is 20.4 Å². The number of anilines is 1. The summed E-state index contributed by atoms with van der Waals surface area (Å²) in [5.74, 6) is -0.0124. The smallest absolute Gasteiger partial charge is 0.260 e. The van der Waals surface area contributed by atoms with Crippen molar-refractivity contribution in [2.75, 3.05) is 37.3 Å². The minimum absolute atomic E-state index is 0.0124. The summed E-state index contributed by atoms with van der Waals surface area (Å²) < 4.78 is 2.13. The van der Waals surface area contributed by atoms with E-state index in [0.717, 1.165) is 45.2 Å². The lowest BCUT2D eigenvalue weighted by Gasteiger charge is -2.24. The van der Waals surface area contributed by atoms with Crippen LogP contribution >= 0.6 is 34.4 Å². The number of rotatable bonds is 8. The molecule has 0 aliphatic heterocycles. The monoisotopic (exact) mass is 456 g/mol. The molecular formula is C22H24N4OS3. The van der Waals surface area contributed by atoms with E-state index in [9.17, 15) is 4.79 Å². The van der Waals surface area contributed by atoms with Crippen LogP contribution in [-0.2, 0) is 0 Å². The van der Waals surface area contributed by atoms with E-state index >= 15 is 0 Å². The summed E-state index contributed by atoms with van der Waals surface area (Å²) in [6.07, 6.45) is 2.07. The number of benzene rings is 2. The molecule has 5 nitrogen and oxygen atoms in total. The Kier molecular flexibility index (Phi) is 6.67. The predicted octanol–water partition coefficient (Wildman–Crippen LogP) is 5.62. The third-order valence-electron chi connectivity index (χ3n) is 5.17. The Hall–Kier alpha value is -2.00. The van der Waals surface area contributed by atoms with Crippen LogP contribution in [0.1, 0.15) is 24.2 Å². The van der Waals surface area contributed by atoms with Crippen molar-refractivity contribution < 1.29 is 4.79 Å². The molecule has 0 radical (unpaired) electrons. The average molecular weight is 457 g/mol. The van der Waals surface area contributed by atoms with Gasteiger partial charge in [-0.15, -0.1) is 23.1 Å². The Morgan fingerprint density at radius 2 is 1.83 bits per heavy atom. The van der Waals surface area contributed by atoms with Gasteiger partial charge in [-0.1, -0.05) is 25.2 Å². The zero-order valence-corrected chi connectivity index (χ0v) is 19.7. The first kappa shape index (κ1) is 21.2. The number of amides is 1. The Morgan fingerprint density at radius 1 is 1.03 bits per heavy atom. The summed E-state index contributed by atoms with van der Waals surface area (Å²) in [5, 5.41) is 0.754. The zero-order chi connectivity index (χ0) is 21.1. The molecule has 2 aromatic heterocycles. The van der Waals surface area contributed by atoms with E-state index in [1.165, 1.54) is 4.90 Å². The van der Waals surface area contributed by atoms with E-state index < -0.39 is 0 Å². The van der Waals surface area contributed by atoms with Crippen molar-refractivity contribution in [1.29, 1.82) is 0 Å². The van der Waals surface area contributed by atoms with Gasteiger partial charge in [0.1, 0.15) is 0 Å². The van der Waals surface area contributed by atoms with Crippen LogP contribution in [0, 0.1) is 0 Å². The molecule has 0 aliphatic carbocycles. The third kappa shape index (κ3) is 4.37. The predicted molar refractivity (Wildman–Crippen MR) is 130 cm³/mol. The first-order valence-corrected chi connectivity index (χ1v) is 12.9. The van der Waals surface area contributed by atoms with Gasteiger partial charge in [-0.2, -0.15) is 0 Å². The minimum atomic E-state index is -0.0124. The molecule has 0 atom stereocenters. The summed E-state index contributed by atoms with van der Waals surface area (Å²) >= 11 is 4.85. The Balaban J connectivity index is 1.70. The number of hydrogen-bond acceptors (Lipinski definition) is 7. The molecule has 156 valence electrons. The van der Waals surface area contributed by atoms with E-state index in [0.29, 0.717) is 12.1 Å². The molecular weight excluding hydrogens is 432 g/mol. The highest BCUT2D eigenvalue weighted by atomic mass is 32.2. The van der Waals surface area contributed by atoms with Crippen LogP contribution < -0.4 is 4.90 Å². The SMILES string of the molecule is CCN(CC)CCN(C(=O)c1ccc2ncsc2c1)c1nc2ccc(SC)cc2s1. The molecule has 0 saturated carbocycles. The van der Waals surface area contributed by atoms with Crippen molar-refractivity contribution in [2.24, 2.45) is 0 Å². The second-order valence-corrected chi connectivity index (χ2v) is 9.62. The standard InChI is InChI=1S/C22H24N4OS3/c1-4-25(5-2)10-11-26(21(27)15-6-8-17-19(12-15)29-14-23-17)22-24-18-9-7-16(28-3)13-20(18)30-22/h6-9,12-14H,4-5,10-11H2,1-3H3. The number of thioether (sulfide) groups is 1. The first-order chi connectivity index (χ1) is 14.6. The van der Waals surface area contributed by atoms with E-state index in [1.54, 1.807) is 34.4 Å². The molecule has 8 heteroatoms. The second-order valence-electron chi connectivity index (χ2n) is 6.85. The van der Waals surface area contributed by atoms with E-state index in [-0.39, 0.29) is 5.91 Å². The Labute approximate surface area is 188 Å². The fourth-order valence-corrected chi connectivity index (χ4v) is 5.60. The van der Waals surface area contributed by atoms with Crippen molar-refractivity contribution in [3.8, 4) is 0 Å². The highest BCUT2D eigenvalue weighted by molar-refractivity contribution is 7.98. The fraction of sp³-hybridized carbons (Fsp3) is 0.318. The normalized spacial score (nSPS) is 11.6. The van der Waals surface area contributed by atoms with Gasteiger partial charge < -0.3 is 4.90 Å². The molecule has 0 N–H and O–H groups in total. The van der Waals surface area contributed by atoms with E-state index in [2.05, 4.69) is 42.1 Å². The molecule has 4 rings (SSSR count). The highest BCUT2D eigenvalue weighted by Gasteiger charge is 2.22. The van der Waals surface area contributed by atoms with Crippen molar-refractivity contribution >= 4 is 65.9 Å². The number of aromatic nitrogens is 2. The number of likely N-dealkylation sites (N-methyl/N-ethyl adjacent to an activating group) is 1. The topological polar surface area (TPSA) is 49.3 Å². The number of fused-ring (bicyclic) bond motifs is 2. The van der Waals surface area contributed by atoms with E-state index in [1.807, 2.05) is 34.7 Å². The van der Waals surface area contributed by atoms with Crippen molar-refractivity contribution in [1.82, 2.24) is 14.9 Å². The van der Waals surface area contributed by atoms with Crippen molar-refractivity contribution in [2.45, 2.75) is 18.7 Å². The van der Waals surface area contributed by atoms with Crippen LogP contribution in [0.4, 0.5) is 5.13 Å². The lowest BCUT2D eigenvalue weighted by atomic mass is 10.2. The quantitative estimate of drug-likeness (QED) is 0.322. The summed E-state index contributed by atoms with van der Waals surface area (Å²) in [7, 11) is 0. The molecule has 30 heavy (non-hydrogen) atoms. The molecule has 2 heterocycles. The zero-order valence-electron chi connectivity index (χ0n) is 17.3. The molecule has 0 bridgehead atoms.